The van der Waals surface area contributed by atoms with Crippen LogP contribution in [0.1, 0.15) is 5.56 Å². The minimum Gasteiger partial charge on any atom is -0.722 e. The number of halogens is 1. The molecule has 0 radical (unpaired) electrons. The molecule has 0 heterocycles. The first kappa shape index (κ1) is 12.9. The summed E-state index contributed by atoms with van der Waals surface area (Å²) in [5.74, 6) is -0.501. The van der Waals surface area contributed by atoms with Crippen molar-refractivity contribution >= 4 is 33.8 Å². The van der Waals surface area contributed by atoms with Crippen molar-refractivity contribution in [2.24, 2.45) is 16.6 Å². The standard InChI is InChI=1S/C8H8BrN5O3/c9-7-3-6(14(16)17)2-1-5(7)4-12-13(15)8(10)11/h1-4H,10-11H2/b12-4+. The molecule has 0 aliphatic rings. The van der Waals surface area contributed by atoms with Crippen molar-refractivity contribution in [1.82, 2.24) is 0 Å². The van der Waals surface area contributed by atoms with E-state index in [9.17, 15) is 15.3 Å². The number of nitro benzene ring substituents is 1. The topological polar surface area (TPSA) is 134 Å². The molecule has 1 aromatic carbocycles. The Morgan fingerprint density at radius 3 is 2.53 bits per heavy atom. The third-order valence-corrected chi connectivity index (χ3v) is 2.40. The van der Waals surface area contributed by atoms with Crippen LogP contribution in [0.15, 0.2) is 27.8 Å². The van der Waals surface area contributed by atoms with Gasteiger partial charge < -0.3 is 5.21 Å². The van der Waals surface area contributed by atoms with E-state index < -0.39 is 10.9 Å². The van der Waals surface area contributed by atoms with Crippen LogP contribution in [-0.2, 0) is 0 Å². The van der Waals surface area contributed by atoms with Crippen LogP contribution < -0.4 is 11.5 Å². The Morgan fingerprint density at radius 2 is 2.06 bits per heavy atom. The Balaban J connectivity index is 3.02. The summed E-state index contributed by atoms with van der Waals surface area (Å²) in [4.78, 5) is 9.98. The van der Waals surface area contributed by atoms with Gasteiger partial charge in [-0.25, -0.2) is 0 Å². The van der Waals surface area contributed by atoms with E-state index >= 15 is 0 Å². The van der Waals surface area contributed by atoms with Crippen molar-refractivity contribution in [3.8, 4) is 0 Å². The molecule has 8 nitrogen and oxygen atoms in total. The summed E-state index contributed by atoms with van der Waals surface area (Å²) in [6.45, 7) is 0. The minimum atomic E-state index is -0.531. The molecule has 9 heteroatoms. The maximum absolute atomic E-state index is 10.9. The van der Waals surface area contributed by atoms with Crippen LogP contribution in [0.5, 0.6) is 0 Å². The van der Waals surface area contributed by atoms with Gasteiger partial charge in [-0.05, 0) is 22.0 Å². The number of rotatable bonds is 3. The van der Waals surface area contributed by atoms with E-state index in [1.165, 1.54) is 24.4 Å². The van der Waals surface area contributed by atoms with Crippen molar-refractivity contribution in [3.63, 3.8) is 0 Å². The van der Waals surface area contributed by atoms with Crippen LogP contribution in [0.4, 0.5) is 5.69 Å². The number of nitrogens with zero attached hydrogens (tertiary/aromatic N) is 3. The van der Waals surface area contributed by atoms with Gasteiger partial charge in [0, 0.05) is 22.2 Å². The number of nitro groups is 1. The lowest BCUT2D eigenvalue weighted by Crippen LogP contribution is -2.30. The molecule has 0 amide bonds. The third kappa shape index (κ3) is 3.41. The molecule has 0 unspecified atom stereocenters. The van der Waals surface area contributed by atoms with Gasteiger partial charge in [0.1, 0.15) is 0 Å². The van der Waals surface area contributed by atoms with E-state index in [1.807, 2.05) is 0 Å². The fourth-order valence-electron chi connectivity index (χ4n) is 0.916. The lowest BCUT2D eigenvalue weighted by atomic mass is 10.2. The van der Waals surface area contributed by atoms with E-state index in [1.54, 1.807) is 0 Å². The molecule has 4 N–H and O–H groups in total. The molecule has 0 fully saturated rings. The van der Waals surface area contributed by atoms with Crippen molar-refractivity contribution in [2.45, 2.75) is 0 Å². The number of benzene rings is 1. The van der Waals surface area contributed by atoms with E-state index in [4.69, 9.17) is 11.5 Å². The monoisotopic (exact) mass is 301 g/mol. The quantitative estimate of drug-likeness (QED) is 0.209. The molecule has 0 saturated carbocycles. The number of nitrogens with two attached hydrogens (primary N) is 2. The molecule has 0 aliphatic carbocycles. The summed E-state index contributed by atoms with van der Waals surface area (Å²) >= 11 is 3.12. The second-order valence-corrected chi connectivity index (χ2v) is 3.76. The summed E-state index contributed by atoms with van der Waals surface area (Å²) in [6.07, 6.45) is 1.18. The highest BCUT2D eigenvalue weighted by molar-refractivity contribution is 9.10. The van der Waals surface area contributed by atoms with Crippen LogP contribution >= 0.6 is 15.9 Å². The number of hydrogen-bond acceptors (Lipinski definition) is 4. The fourth-order valence-corrected chi connectivity index (χ4v) is 1.38. The lowest BCUT2D eigenvalue weighted by molar-refractivity contribution is -0.463. The van der Waals surface area contributed by atoms with Crippen LogP contribution in [0.25, 0.3) is 0 Å². The highest BCUT2D eigenvalue weighted by atomic mass is 79.9. The van der Waals surface area contributed by atoms with Gasteiger partial charge >= 0.3 is 5.96 Å². The lowest BCUT2D eigenvalue weighted by Gasteiger charge is -2.03. The van der Waals surface area contributed by atoms with Crippen molar-refractivity contribution < 1.29 is 9.77 Å². The van der Waals surface area contributed by atoms with E-state index in [-0.39, 0.29) is 10.5 Å². The predicted octanol–water partition coefficient (Wildman–Crippen LogP) is 0.475. The number of guanidine groups is 1. The Hall–Kier alpha value is -2.16. The van der Waals surface area contributed by atoms with Gasteiger partial charge in [-0.3, -0.25) is 21.6 Å². The Morgan fingerprint density at radius 1 is 1.41 bits per heavy atom. The van der Waals surface area contributed by atoms with Gasteiger partial charge in [0.05, 0.1) is 11.1 Å². The largest absolute Gasteiger partial charge is 0.722 e. The molecule has 0 aromatic heterocycles. The molecular formula is C8H8BrN5O3. The number of hydrazone groups is 1. The fraction of sp³-hybridized carbons (Fsp3) is 0. The third-order valence-electron chi connectivity index (χ3n) is 1.72. The zero-order valence-corrected chi connectivity index (χ0v) is 9.99. The van der Waals surface area contributed by atoms with Gasteiger partial charge in [0.15, 0.2) is 0 Å². The smallest absolute Gasteiger partial charge is 0.366 e. The molecule has 0 spiro atoms. The molecule has 90 valence electrons. The second kappa shape index (κ2) is 5.25. The maximum Gasteiger partial charge on any atom is 0.366 e. The summed E-state index contributed by atoms with van der Waals surface area (Å²) < 4.78 is 0.430. The first-order valence-corrected chi connectivity index (χ1v) is 5.04. The normalized spacial score (nSPS) is 10.4. The zero-order chi connectivity index (χ0) is 13.0. The van der Waals surface area contributed by atoms with Crippen LogP contribution in [0, 0.1) is 15.3 Å². The molecule has 17 heavy (non-hydrogen) atoms. The van der Waals surface area contributed by atoms with Gasteiger partial charge in [-0.1, -0.05) is 0 Å². The summed E-state index contributed by atoms with van der Waals surface area (Å²) in [6, 6.07) is 4.02. The van der Waals surface area contributed by atoms with Gasteiger partial charge in [-0.15, -0.1) is 9.95 Å². The summed E-state index contributed by atoms with van der Waals surface area (Å²) in [5.41, 5.74) is 10.4. The highest BCUT2D eigenvalue weighted by Gasteiger charge is 2.07. The van der Waals surface area contributed by atoms with Crippen molar-refractivity contribution in [2.75, 3.05) is 0 Å². The van der Waals surface area contributed by atoms with E-state index in [2.05, 4.69) is 21.0 Å². The van der Waals surface area contributed by atoms with Gasteiger partial charge in [-0.2, -0.15) is 0 Å². The SMILES string of the molecule is NC(N)=[N+]([O-])/N=C/c1ccc([N+](=O)[O-])cc1Br. The molecule has 1 rings (SSSR count). The summed E-state index contributed by atoms with van der Waals surface area (Å²) in [5, 5.41) is 24.8. The van der Waals surface area contributed by atoms with E-state index in [0.717, 1.165) is 0 Å². The number of non-ortho nitro benzene ring substituents is 1. The average Bonchev–Trinajstić information content (AvgIpc) is 2.26. The number of hydrogen-bond donors (Lipinski definition) is 2. The van der Waals surface area contributed by atoms with Crippen LogP contribution in [0.2, 0.25) is 0 Å². The predicted molar refractivity (Wildman–Crippen MR) is 65.4 cm³/mol. The second-order valence-electron chi connectivity index (χ2n) is 2.91. The van der Waals surface area contributed by atoms with Gasteiger partial charge in [0.2, 0.25) is 0 Å². The average molecular weight is 302 g/mol. The van der Waals surface area contributed by atoms with Crippen LogP contribution in [-0.4, -0.2) is 21.9 Å². The Bertz CT molecular complexity index is 510. The molecule has 0 aliphatic heterocycles. The van der Waals surface area contributed by atoms with Crippen LogP contribution in [0.3, 0.4) is 0 Å². The first-order chi connectivity index (χ1) is 7.91. The zero-order valence-electron chi connectivity index (χ0n) is 8.41. The minimum absolute atomic E-state index is 0.0356. The molecule has 1 aromatic rings. The van der Waals surface area contributed by atoms with E-state index in [0.29, 0.717) is 10.0 Å². The Kier molecular flexibility index (Phi) is 3.99. The molecule has 0 saturated heterocycles. The summed E-state index contributed by atoms with van der Waals surface area (Å²) in [7, 11) is 0. The molecular weight excluding hydrogens is 294 g/mol. The van der Waals surface area contributed by atoms with Crippen molar-refractivity contribution in [1.29, 1.82) is 0 Å². The molecule has 0 atom stereocenters. The Labute approximate surface area is 104 Å². The highest BCUT2D eigenvalue weighted by Crippen LogP contribution is 2.21. The first-order valence-electron chi connectivity index (χ1n) is 4.25. The van der Waals surface area contributed by atoms with Crippen molar-refractivity contribution in [3.05, 3.63) is 43.6 Å². The van der Waals surface area contributed by atoms with Gasteiger partial charge in [0.25, 0.3) is 5.69 Å². The maximum atomic E-state index is 10.9. The molecule has 0 bridgehead atoms.